The first kappa shape index (κ1) is 15.1. The number of nitrogens with zero attached hydrogens (tertiary/aromatic N) is 3. The Bertz CT molecular complexity index is 1010. The highest BCUT2D eigenvalue weighted by atomic mass is 16.2. The van der Waals surface area contributed by atoms with Crippen molar-refractivity contribution in [1.29, 1.82) is 0 Å². The van der Waals surface area contributed by atoms with Crippen LogP contribution in [0.15, 0.2) is 48.8 Å². The summed E-state index contributed by atoms with van der Waals surface area (Å²) in [5.74, 6) is -0.114. The maximum atomic E-state index is 12.8. The number of nitrogens with one attached hydrogen (secondary N) is 1. The molecule has 2 amide bonds. The number of fused-ring (bicyclic) bond motifs is 5. The summed E-state index contributed by atoms with van der Waals surface area (Å²) in [6.07, 6.45) is 4.04. The Labute approximate surface area is 150 Å². The third kappa shape index (κ3) is 2.22. The van der Waals surface area contributed by atoms with E-state index in [0.717, 1.165) is 17.6 Å². The lowest BCUT2D eigenvalue weighted by Gasteiger charge is -2.43. The molecule has 2 aromatic heterocycles. The fraction of sp³-hybridized carbons (Fsp3) is 0.250. The average molecular weight is 346 g/mol. The number of H-pyrrole nitrogens is 1. The van der Waals surface area contributed by atoms with Crippen molar-refractivity contribution in [2.75, 3.05) is 19.6 Å². The van der Waals surface area contributed by atoms with Gasteiger partial charge >= 0.3 is 0 Å². The molecule has 5 rings (SSSR count). The Balaban J connectivity index is 1.53. The molecule has 0 saturated carbocycles. The zero-order valence-electron chi connectivity index (χ0n) is 14.2. The van der Waals surface area contributed by atoms with E-state index in [1.807, 2.05) is 17.0 Å². The van der Waals surface area contributed by atoms with E-state index in [1.54, 1.807) is 29.4 Å². The molecule has 1 atom stereocenters. The van der Waals surface area contributed by atoms with Crippen molar-refractivity contribution in [3.05, 3.63) is 65.6 Å². The first-order valence-corrected chi connectivity index (χ1v) is 8.80. The lowest BCUT2D eigenvalue weighted by Crippen LogP contribution is -2.55. The molecule has 0 radical (unpaired) electrons. The van der Waals surface area contributed by atoms with Crippen LogP contribution in [0.25, 0.3) is 10.9 Å². The van der Waals surface area contributed by atoms with Crippen LogP contribution in [0.3, 0.4) is 0 Å². The molecule has 2 aliphatic rings. The fourth-order valence-corrected chi connectivity index (χ4v) is 4.17. The maximum Gasteiger partial charge on any atom is 0.254 e. The Morgan fingerprint density at radius 2 is 1.96 bits per heavy atom. The predicted octanol–water partition coefficient (Wildman–Crippen LogP) is 2.14. The van der Waals surface area contributed by atoms with Crippen LogP contribution < -0.4 is 0 Å². The van der Waals surface area contributed by atoms with Crippen LogP contribution in [0.4, 0.5) is 0 Å². The second kappa shape index (κ2) is 5.69. The molecule has 1 N–H and O–H groups in total. The van der Waals surface area contributed by atoms with Gasteiger partial charge < -0.3 is 14.8 Å². The summed E-state index contributed by atoms with van der Waals surface area (Å²) < 4.78 is 0. The quantitative estimate of drug-likeness (QED) is 0.734. The van der Waals surface area contributed by atoms with Gasteiger partial charge in [0.1, 0.15) is 6.54 Å². The van der Waals surface area contributed by atoms with Gasteiger partial charge in [-0.25, -0.2) is 0 Å². The number of rotatable bonds is 1. The molecule has 130 valence electrons. The molecule has 6 nitrogen and oxygen atoms in total. The van der Waals surface area contributed by atoms with E-state index in [9.17, 15) is 9.59 Å². The fourth-order valence-electron chi connectivity index (χ4n) is 4.17. The van der Waals surface area contributed by atoms with Gasteiger partial charge in [-0.1, -0.05) is 18.2 Å². The highest BCUT2D eigenvalue weighted by Crippen LogP contribution is 2.36. The van der Waals surface area contributed by atoms with Crippen LogP contribution in [0, 0.1) is 0 Å². The van der Waals surface area contributed by atoms with Crippen molar-refractivity contribution in [3.8, 4) is 0 Å². The van der Waals surface area contributed by atoms with Gasteiger partial charge in [0.15, 0.2) is 0 Å². The predicted molar refractivity (Wildman–Crippen MR) is 96.6 cm³/mol. The molecule has 26 heavy (non-hydrogen) atoms. The average Bonchev–Trinajstić information content (AvgIpc) is 3.07. The van der Waals surface area contributed by atoms with Crippen LogP contribution >= 0.6 is 0 Å². The van der Waals surface area contributed by atoms with Crippen molar-refractivity contribution < 1.29 is 9.59 Å². The van der Waals surface area contributed by atoms with E-state index in [4.69, 9.17) is 0 Å². The van der Waals surface area contributed by atoms with E-state index >= 15 is 0 Å². The number of para-hydroxylation sites is 1. The van der Waals surface area contributed by atoms with Gasteiger partial charge in [0.2, 0.25) is 5.91 Å². The molecule has 1 saturated heterocycles. The largest absolute Gasteiger partial charge is 0.356 e. The molecule has 1 aromatic carbocycles. The van der Waals surface area contributed by atoms with Gasteiger partial charge in [0.25, 0.3) is 5.91 Å². The van der Waals surface area contributed by atoms with Crippen molar-refractivity contribution in [2.45, 2.75) is 12.5 Å². The number of piperazine rings is 1. The van der Waals surface area contributed by atoms with Crippen LogP contribution in [0.5, 0.6) is 0 Å². The lowest BCUT2D eigenvalue weighted by atomic mass is 9.95. The summed E-state index contributed by atoms with van der Waals surface area (Å²) in [7, 11) is 0. The zero-order valence-corrected chi connectivity index (χ0v) is 14.2. The second-order valence-electron chi connectivity index (χ2n) is 6.84. The van der Waals surface area contributed by atoms with E-state index < -0.39 is 0 Å². The molecule has 4 heterocycles. The standard InChI is InChI=1S/C20H18N4O2/c25-18-12-23(20(26)13-5-8-21-9-6-13)11-17-19-15(7-10-24(17)18)14-3-1-2-4-16(14)22-19/h1-6,8-9,17,22H,7,10-12H2. The van der Waals surface area contributed by atoms with Crippen LogP contribution in [0.1, 0.15) is 27.7 Å². The van der Waals surface area contributed by atoms with Gasteiger partial charge in [-0.3, -0.25) is 14.6 Å². The number of hydrogen-bond acceptors (Lipinski definition) is 3. The van der Waals surface area contributed by atoms with Gasteiger partial charge in [-0.15, -0.1) is 0 Å². The first-order chi connectivity index (χ1) is 12.7. The topological polar surface area (TPSA) is 69.3 Å². The number of amides is 2. The number of pyridine rings is 1. The SMILES string of the molecule is O=C(c1ccncc1)N1CC(=O)N2CCc3c([nH]c4ccccc34)C2C1. The van der Waals surface area contributed by atoms with Crippen LogP contribution in [-0.2, 0) is 11.2 Å². The normalized spacial score (nSPS) is 19.4. The van der Waals surface area contributed by atoms with Gasteiger partial charge in [0.05, 0.1) is 6.04 Å². The lowest BCUT2D eigenvalue weighted by molar-refractivity contribution is -0.139. The molecular weight excluding hydrogens is 328 g/mol. The first-order valence-electron chi connectivity index (χ1n) is 8.80. The van der Waals surface area contributed by atoms with Crippen LogP contribution in [-0.4, -0.2) is 51.2 Å². The van der Waals surface area contributed by atoms with Crippen molar-refractivity contribution in [2.24, 2.45) is 0 Å². The molecule has 0 bridgehead atoms. The summed E-state index contributed by atoms with van der Waals surface area (Å²) in [6, 6.07) is 11.5. The molecule has 6 heteroatoms. The molecule has 3 aromatic rings. The van der Waals surface area contributed by atoms with Gasteiger partial charge in [0, 0.05) is 47.6 Å². The molecule has 0 aliphatic carbocycles. The summed E-state index contributed by atoms with van der Waals surface area (Å²) in [5.41, 5.74) is 3.99. The molecular formula is C20H18N4O2. The van der Waals surface area contributed by atoms with E-state index in [-0.39, 0.29) is 24.4 Å². The third-order valence-corrected chi connectivity index (χ3v) is 5.41. The summed E-state index contributed by atoms with van der Waals surface area (Å²) in [4.78, 5) is 36.5. The highest BCUT2D eigenvalue weighted by Gasteiger charge is 2.40. The smallest absolute Gasteiger partial charge is 0.254 e. The third-order valence-electron chi connectivity index (χ3n) is 5.41. The number of carbonyl (C=O) groups is 2. The second-order valence-corrected chi connectivity index (χ2v) is 6.84. The van der Waals surface area contributed by atoms with Gasteiger partial charge in [-0.2, -0.15) is 0 Å². The van der Waals surface area contributed by atoms with Crippen molar-refractivity contribution >= 4 is 22.7 Å². The Morgan fingerprint density at radius 1 is 1.15 bits per heavy atom. The Kier molecular flexibility index (Phi) is 3.31. The van der Waals surface area contributed by atoms with E-state index in [0.29, 0.717) is 18.7 Å². The number of aromatic amines is 1. The summed E-state index contributed by atoms with van der Waals surface area (Å²) >= 11 is 0. The minimum absolute atomic E-state index is 0.00737. The molecule has 0 spiro atoms. The van der Waals surface area contributed by atoms with E-state index in [2.05, 4.69) is 22.1 Å². The van der Waals surface area contributed by atoms with E-state index in [1.165, 1.54) is 10.9 Å². The highest BCUT2D eigenvalue weighted by molar-refractivity contribution is 5.97. The van der Waals surface area contributed by atoms with Crippen molar-refractivity contribution in [3.63, 3.8) is 0 Å². The monoisotopic (exact) mass is 346 g/mol. The Morgan fingerprint density at radius 3 is 2.81 bits per heavy atom. The summed E-state index contributed by atoms with van der Waals surface area (Å²) in [5, 5.41) is 1.21. The molecule has 2 aliphatic heterocycles. The molecule has 1 unspecified atom stereocenters. The number of aromatic nitrogens is 2. The maximum absolute atomic E-state index is 12.8. The number of carbonyl (C=O) groups excluding carboxylic acids is 2. The minimum Gasteiger partial charge on any atom is -0.356 e. The van der Waals surface area contributed by atoms with Crippen molar-refractivity contribution in [1.82, 2.24) is 19.8 Å². The minimum atomic E-state index is -0.122. The number of benzene rings is 1. The summed E-state index contributed by atoms with van der Waals surface area (Å²) in [6.45, 7) is 1.34. The Hall–Kier alpha value is -3.15. The molecule has 1 fully saturated rings. The number of hydrogen-bond donors (Lipinski definition) is 1. The van der Waals surface area contributed by atoms with Gasteiger partial charge in [-0.05, 0) is 30.2 Å². The van der Waals surface area contributed by atoms with Crippen LogP contribution in [0.2, 0.25) is 0 Å². The zero-order chi connectivity index (χ0) is 17.7.